The molecule has 0 unspecified atom stereocenters. The Morgan fingerprint density at radius 2 is 2.00 bits per heavy atom. The Morgan fingerprint density at radius 3 is 2.53 bits per heavy atom. The van der Waals surface area contributed by atoms with E-state index in [4.69, 9.17) is 0 Å². The molecule has 0 heterocycles. The van der Waals surface area contributed by atoms with E-state index in [0.717, 1.165) is 6.07 Å². The van der Waals surface area contributed by atoms with Crippen LogP contribution in [-0.4, -0.2) is 18.5 Å². The van der Waals surface area contributed by atoms with Crippen LogP contribution in [0.5, 0.6) is 0 Å². The molecule has 0 aromatic heterocycles. The maximum atomic E-state index is 12.7. The van der Waals surface area contributed by atoms with Crippen molar-refractivity contribution in [1.82, 2.24) is 5.32 Å². The van der Waals surface area contributed by atoms with E-state index in [2.05, 4.69) is 26.6 Å². The fraction of sp³-hybridized carbons (Fsp3) is 0.417. The Hall–Kier alpha value is -1.08. The van der Waals surface area contributed by atoms with Crippen LogP contribution in [0.3, 0.4) is 0 Å². The number of anilines is 1. The van der Waals surface area contributed by atoms with E-state index in [1.54, 1.807) is 0 Å². The highest BCUT2D eigenvalue weighted by Crippen LogP contribution is 2.36. The number of hydrogen-bond acceptors (Lipinski definition) is 2. The molecule has 1 rings (SSSR count). The minimum atomic E-state index is -4.46. The average Bonchev–Trinajstić information content (AvgIpc) is 2.27. The number of hydrogen-bond donors (Lipinski definition) is 2. The quantitative estimate of drug-likeness (QED) is 0.883. The van der Waals surface area contributed by atoms with Gasteiger partial charge in [-0.2, -0.15) is 13.2 Å². The number of carbonyl (C=O) groups is 1. The maximum absolute atomic E-state index is 12.7. The second-order valence-corrected chi connectivity index (χ2v) is 5.13. The lowest BCUT2D eigenvalue weighted by molar-refractivity contribution is -0.138. The third-order valence-electron chi connectivity index (χ3n) is 2.23. The number of carbonyl (C=O) groups excluding carboxylic acids is 1. The second-order valence-electron chi connectivity index (χ2n) is 4.28. The van der Waals surface area contributed by atoms with Gasteiger partial charge in [0.2, 0.25) is 5.91 Å². The fourth-order valence-electron chi connectivity index (χ4n) is 1.32. The number of nitrogens with one attached hydrogen (secondary N) is 2. The zero-order chi connectivity index (χ0) is 14.6. The molecule has 0 aliphatic heterocycles. The summed E-state index contributed by atoms with van der Waals surface area (Å²) >= 11 is 2.84. The van der Waals surface area contributed by atoms with Gasteiger partial charge in [0.15, 0.2) is 0 Å². The third kappa shape index (κ3) is 5.20. The van der Waals surface area contributed by atoms with Crippen molar-refractivity contribution in [3.63, 3.8) is 0 Å². The molecule has 3 nitrogen and oxygen atoms in total. The third-order valence-corrected chi connectivity index (χ3v) is 2.92. The highest BCUT2D eigenvalue weighted by atomic mass is 79.9. The standard InChI is InChI=1S/C12H14BrF3N2O/c1-7(2)17-6-11(19)18-8-3-4-10(13)9(5-8)12(14,15)16/h3-5,7,17H,6H2,1-2H3,(H,18,19). The van der Waals surface area contributed by atoms with E-state index in [9.17, 15) is 18.0 Å². The number of benzene rings is 1. The molecular formula is C12H14BrF3N2O. The molecule has 0 atom stereocenters. The van der Waals surface area contributed by atoms with Crippen molar-refractivity contribution >= 4 is 27.5 Å². The molecule has 0 fully saturated rings. The number of rotatable bonds is 4. The van der Waals surface area contributed by atoms with Gasteiger partial charge in [-0.3, -0.25) is 4.79 Å². The molecule has 0 aliphatic carbocycles. The van der Waals surface area contributed by atoms with Crippen molar-refractivity contribution < 1.29 is 18.0 Å². The normalized spacial score (nSPS) is 11.7. The summed E-state index contributed by atoms with van der Waals surface area (Å²) in [4.78, 5) is 11.5. The van der Waals surface area contributed by atoms with Crippen LogP contribution in [0.15, 0.2) is 22.7 Å². The van der Waals surface area contributed by atoms with Gasteiger partial charge in [0.25, 0.3) is 0 Å². The molecule has 0 saturated carbocycles. The molecule has 1 aromatic carbocycles. The summed E-state index contributed by atoms with van der Waals surface area (Å²) < 4.78 is 37.9. The summed E-state index contributed by atoms with van der Waals surface area (Å²) in [6.07, 6.45) is -4.46. The Morgan fingerprint density at radius 1 is 1.37 bits per heavy atom. The zero-order valence-electron chi connectivity index (χ0n) is 10.4. The van der Waals surface area contributed by atoms with Gasteiger partial charge < -0.3 is 10.6 Å². The second kappa shape index (κ2) is 6.38. The lowest BCUT2D eigenvalue weighted by Gasteiger charge is -2.12. The van der Waals surface area contributed by atoms with Crippen LogP contribution >= 0.6 is 15.9 Å². The Bertz CT molecular complexity index is 461. The minimum absolute atomic E-state index is 0.0507. The summed E-state index contributed by atoms with van der Waals surface area (Å²) in [5, 5.41) is 5.29. The summed E-state index contributed by atoms with van der Waals surface area (Å²) in [7, 11) is 0. The van der Waals surface area contributed by atoms with Gasteiger partial charge in [0.1, 0.15) is 0 Å². The molecule has 1 amide bonds. The Balaban J connectivity index is 2.78. The molecule has 0 aliphatic rings. The molecule has 7 heteroatoms. The topological polar surface area (TPSA) is 41.1 Å². The Labute approximate surface area is 117 Å². The zero-order valence-corrected chi connectivity index (χ0v) is 12.0. The molecule has 2 N–H and O–H groups in total. The SMILES string of the molecule is CC(C)NCC(=O)Nc1ccc(Br)c(C(F)(F)F)c1. The van der Waals surface area contributed by atoms with Crippen molar-refractivity contribution in [3.8, 4) is 0 Å². The van der Waals surface area contributed by atoms with Gasteiger partial charge in [0, 0.05) is 16.2 Å². The lowest BCUT2D eigenvalue weighted by Crippen LogP contribution is -2.32. The maximum Gasteiger partial charge on any atom is 0.417 e. The van der Waals surface area contributed by atoms with E-state index in [-0.39, 0.29) is 28.7 Å². The van der Waals surface area contributed by atoms with E-state index in [1.807, 2.05) is 13.8 Å². The molecule has 0 bridgehead atoms. The summed E-state index contributed by atoms with van der Waals surface area (Å²) in [5.74, 6) is -0.385. The van der Waals surface area contributed by atoms with E-state index >= 15 is 0 Å². The largest absolute Gasteiger partial charge is 0.417 e. The minimum Gasteiger partial charge on any atom is -0.325 e. The smallest absolute Gasteiger partial charge is 0.325 e. The van der Waals surface area contributed by atoms with Crippen molar-refractivity contribution in [2.45, 2.75) is 26.1 Å². The summed E-state index contributed by atoms with van der Waals surface area (Å²) in [6, 6.07) is 3.69. The predicted octanol–water partition coefficient (Wildman–Crippen LogP) is 3.40. The lowest BCUT2D eigenvalue weighted by atomic mass is 10.2. The number of alkyl halides is 3. The summed E-state index contributed by atoms with van der Waals surface area (Å²) in [5.41, 5.74) is -0.701. The van der Waals surface area contributed by atoms with E-state index in [1.165, 1.54) is 12.1 Å². The first-order valence-corrected chi connectivity index (χ1v) is 6.39. The molecule has 0 radical (unpaired) electrons. The monoisotopic (exact) mass is 338 g/mol. The van der Waals surface area contributed by atoms with Crippen LogP contribution in [0, 0.1) is 0 Å². The van der Waals surface area contributed by atoms with Gasteiger partial charge in [-0.25, -0.2) is 0 Å². The van der Waals surface area contributed by atoms with Crippen molar-refractivity contribution in [3.05, 3.63) is 28.2 Å². The van der Waals surface area contributed by atoms with Crippen molar-refractivity contribution in [2.24, 2.45) is 0 Å². The highest BCUT2D eigenvalue weighted by Gasteiger charge is 2.33. The van der Waals surface area contributed by atoms with Gasteiger partial charge in [-0.1, -0.05) is 29.8 Å². The Kier molecular flexibility index (Phi) is 5.37. The van der Waals surface area contributed by atoms with Crippen molar-refractivity contribution in [1.29, 1.82) is 0 Å². The van der Waals surface area contributed by atoms with E-state index < -0.39 is 11.7 Å². The first-order valence-electron chi connectivity index (χ1n) is 5.60. The number of amides is 1. The first-order chi connectivity index (χ1) is 8.70. The fourth-order valence-corrected chi connectivity index (χ4v) is 1.79. The number of halogens is 4. The molecular weight excluding hydrogens is 325 g/mol. The van der Waals surface area contributed by atoms with Crippen LogP contribution < -0.4 is 10.6 Å². The van der Waals surface area contributed by atoms with E-state index in [0.29, 0.717) is 0 Å². The molecule has 1 aromatic rings. The van der Waals surface area contributed by atoms with Crippen LogP contribution in [0.1, 0.15) is 19.4 Å². The van der Waals surface area contributed by atoms with Crippen molar-refractivity contribution in [2.75, 3.05) is 11.9 Å². The summed E-state index contributed by atoms with van der Waals surface area (Å²) in [6.45, 7) is 3.79. The molecule has 106 valence electrons. The van der Waals surface area contributed by atoms with Crippen LogP contribution in [0.4, 0.5) is 18.9 Å². The highest BCUT2D eigenvalue weighted by molar-refractivity contribution is 9.10. The van der Waals surface area contributed by atoms with Gasteiger partial charge in [0.05, 0.1) is 12.1 Å². The first kappa shape index (κ1) is 16.0. The average molecular weight is 339 g/mol. The molecule has 0 spiro atoms. The van der Waals surface area contributed by atoms with Crippen LogP contribution in [-0.2, 0) is 11.0 Å². The van der Waals surface area contributed by atoms with Gasteiger partial charge in [-0.05, 0) is 18.2 Å². The molecule has 0 saturated heterocycles. The van der Waals surface area contributed by atoms with Crippen LogP contribution in [0.2, 0.25) is 0 Å². The van der Waals surface area contributed by atoms with Gasteiger partial charge >= 0.3 is 6.18 Å². The predicted molar refractivity (Wildman–Crippen MR) is 70.9 cm³/mol. The molecule has 19 heavy (non-hydrogen) atoms. The van der Waals surface area contributed by atoms with Crippen LogP contribution in [0.25, 0.3) is 0 Å². The van der Waals surface area contributed by atoms with Gasteiger partial charge in [-0.15, -0.1) is 0 Å².